The number of carbonyl (C=O) groups is 2. The van der Waals surface area contributed by atoms with E-state index in [1.54, 1.807) is 16.2 Å². The molecule has 2 N–H and O–H groups in total. The molecule has 0 saturated carbocycles. The van der Waals surface area contributed by atoms with E-state index in [2.05, 4.69) is 31.3 Å². The summed E-state index contributed by atoms with van der Waals surface area (Å²) in [7, 11) is 0. The van der Waals surface area contributed by atoms with E-state index in [-0.39, 0.29) is 18.4 Å². The standard InChI is InChI=1S/C22H24N4O2S/c1-15-8-9-18-21(16(15)2)24-22(29-18)26(12-17-6-4-3-5-7-17)20(28)14-25-11-10-23-19(27)13-25/h3-9H,10-14H2,1-2H3,(H,23,27)/p+1. The second-order valence-electron chi connectivity index (χ2n) is 7.52. The van der Waals surface area contributed by atoms with Crippen LogP contribution in [0.3, 0.4) is 0 Å². The third-order valence-corrected chi connectivity index (χ3v) is 6.45. The van der Waals surface area contributed by atoms with Gasteiger partial charge in [0.2, 0.25) is 0 Å². The summed E-state index contributed by atoms with van der Waals surface area (Å²) in [6.45, 7) is 6.61. The molecule has 150 valence electrons. The molecule has 0 radical (unpaired) electrons. The Balaban J connectivity index is 1.65. The van der Waals surface area contributed by atoms with Gasteiger partial charge in [-0.25, -0.2) is 4.98 Å². The lowest BCUT2D eigenvalue weighted by molar-refractivity contribution is -0.885. The molecule has 1 aliphatic heterocycles. The van der Waals surface area contributed by atoms with Crippen LogP contribution in [0.25, 0.3) is 10.2 Å². The van der Waals surface area contributed by atoms with Crippen LogP contribution in [0.15, 0.2) is 42.5 Å². The van der Waals surface area contributed by atoms with Crippen LogP contribution < -0.4 is 15.1 Å². The number of anilines is 1. The number of quaternary nitrogens is 1. The molecule has 29 heavy (non-hydrogen) atoms. The van der Waals surface area contributed by atoms with Crippen molar-refractivity contribution in [2.75, 3.05) is 31.1 Å². The van der Waals surface area contributed by atoms with Crippen molar-refractivity contribution in [3.8, 4) is 0 Å². The van der Waals surface area contributed by atoms with E-state index in [4.69, 9.17) is 4.98 Å². The lowest BCUT2D eigenvalue weighted by Crippen LogP contribution is -3.16. The Morgan fingerprint density at radius 1 is 1.21 bits per heavy atom. The van der Waals surface area contributed by atoms with Gasteiger partial charge in [-0.3, -0.25) is 14.5 Å². The number of thiazole rings is 1. The molecular formula is C22H25N4O2S+. The summed E-state index contributed by atoms with van der Waals surface area (Å²) in [6.07, 6.45) is 0. The number of nitrogens with one attached hydrogen (secondary N) is 2. The van der Waals surface area contributed by atoms with E-state index >= 15 is 0 Å². The first kappa shape index (κ1) is 19.5. The van der Waals surface area contributed by atoms with Gasteiger partial charge in [0.15, 0.2) is 18.2 Å². The first-order chi connectivity index (χ1) is 14.0. The van der Waals surface area contributed by atoms with Gasteiger partial charge in [-0.1, -0.05) is 47.7 Å². The molecule has 0 spiro atoms. The number of nitrogens with zero attached hydrogens (tertiary/aromatic N) is 2. The average molecular weight is 410 g/mol. The molecule has 2 aromatic carbocycles. The average Bonchev–Trinajstić information content (AvgIpc) is 3.14. The van der Waals surface area contributed by atoms with Crippen LogP contribution in [0.5, 0.6) is 0 Å². The second kappa shape index (κ2) is 8.31. The Bertz CT molecular complexity index is 1050. The zero-order valence-electron chi connectivity index (χ0n) is 16.7. The predicted molar refractivity (Wildman–Crippen MR) is 115 cm³/mol. The summed E-state index contributed by atoms with van der Waals surface area (Å²) < 4.78 is 1.08. The highest BCUT2D eigenvalue weighted by molar-refractivity contribution is 7.22. The van der Waals surface area contributed by atoms with Gasteiger partial charge in [0.25, 0.3) is 11.8 Å². The van der Waals surface area contributed by atoms with Gasteiger partial charge in [0, 0.05) is 0 Å². The molecule has 6 nitrogen and oxygen atoms in total. The van der Waals surface area contributed by atoms with E-state index in [9.17, 15) is 9.59 Å². The lowest BCUT2D eigenvalue weighted by Gasteiger charge is -2.26. The number of hydrogen-bond donors (Lipinski definition) is 2. The van der Waals surface area contributed by atoms with Gasteiger partial charge in [0.1, 0.15) is 0 Å². The molecule has 0 aliphatic carbocycles. The topological polar surface area (TPSA) is 66.7 Å². The first-order valence-corrected chi connectivity index (χ1v) is 10.6. The molecule has 1 atom stereocenters. The van der Waals surface area contributed by atoms with Crippen molar-refractivity contribution < 1.29 is 14.5 Å². The number of aromatic nitrogens is 1. The number of hydrogen-bond acceptors (Lipinski definition) is 4. The van der Waals surface area contributed by atoms with E-state index in [1.165, 1.54) is 5.56 Å². The molecule has 1 aliphatic rings. The smallest absolute Gasteiger partial charge is 0.284 e. The van der Waals surface area contributed by atoms with Crippen molar-refractivity contribution in [2.24, 2.45) is 0 Å². The molecule has 1 saturated heterocycles. The summed E-state index contributed by atoms with van der Waals surface area (Å²) in [6, 6.07) is 14.1. The molecule has 4 rings (SSSR count). The maximum atomic E-state index is 13.3. The molecule has 0 bridgehead atoms. The van der Waals surface area contributed by atoms with E-state index in [0.29, 0.717) is 24.8 Å². The summed E-state index contributed by atoms with van der Waals surface area (Å²) >= 11 is 1.54. The number of fused-ring (bicyclic) bond motifs is 1. The maximum absolute atomic E-state index is 13.3. The molecule has 1 aromatic heterocycles. The van der Waals surface area contributed by atoms with E-state index in [1.807, 2.05) is 30.3 Å². The third-order valence-electron chi connectivity index (χ3n) is 5.40. The van der Waals surface area contributed by atoms with Crippen LogP contribution in [0.1, 0.15) is 16.7 Å². The van der Waals surface area contributed by atoms with Gasteiger partial charge in [-0.2, -0.15) is 0 Å². The third kappa shape index (κ3) is 4.31. The fourth-order valence-corrected chi connectivity index (χ4v) is 4.62. The summed E-state index contributed by atoms with van der Waals surface area (Å²) in [5.41, 5.74) is 4.36. The molecule has 3 aromatic rings. The fourth-order valence-electron chi connectivity index (χ4n) is 3.58. The van der Waals surface area contributed by atoms with Crippen molar-refractivity contribution in [3.63, 3.8) is 0 Å². The highest BCUT2D eigenvalue weighted by atomic mass is 32.1. The molecule has 1 fully saturated rings. The fraction of sp³-hybridized carbons (Fsp3) is 0.318. The Morgan fingerprint density at radius 2 is 2.00 bits per heavy atom. The highest BCUT2D eigenvalue weighted by Crippen LogP contribution is 2.32. The molecule has 2 heterocycles. The van der Waals surface area contributed by atoms with Crippen molar-refractivity contribution in [3.05, 3.63) is 59.2 Å². The van der Waals surface area contributed by atoms with Crippen molar-refractivity contribution >= 4 is 38.5 Å². The predicted octanol–water partition coefficient (Wildman–Crippen LogP) is 1.46. The zero-order valence-corrected chi connectivity index (χ0v) is 17.5. The number of carbonyl (C=O) groups excluding carboxylic acids is 2. The monoisotopic (exact) mass is 409 g/mol. The van der Waals surface area contributed by atoms with Crippen LogP contribution in [-0.4, -0.2) is 43.0 Å². The minimum absolute atomic E-state index is 0.000235. The van der Waals surface area contributed by atoms with Crippen LogP contribution in [0.2, 0.25) is 0 Å². The van der Waals surface area contributed by atoms with Crippen molar-refractivity contribution in [1.29, 1.82) is 0 Å². The molecule has 2 amide bonds. The van der Waals surface area contributed by atoms with E-state index < -0.39 is 0 Å². The van der Waals surface area contributed by atoms with Crippen LogP contribution >= 0.6 is 11.3 Å². The second-order valence-corrected chi connectivity index (χ2v) is 8.53. The van der Waals surface area contributed by atoms with E-state index in [0.717, 1.165) is 32.8 Å². The van der Waals surface area contributed by atoms with Gasteiger partial charge in [-0.05, 0) is 36.6 Å². The number of piperazine rings is 1. The van der Waals surface area contributed by atoms with Gasteiger partial charge in [-0.15, -0.1) is 0 Å². The summed E-state index contributed by atoms with van der Waals surface area (Å²) in [5.74, 6) is -0.00766. The van der Waals surface area contributed by atoms with Gasteiger partial charge in [0.05, 0.1) is 29.9 Å². The molecule has 1 unspecified atom stereocenters. The SMILES string of the molecule is Cc1ccc2sc(N(Cc3ccccc3)C(=O)C[NH+]3CCNC(=O)C3)nc2c1C. The van der Waals surface area contributed by atoms with Crippen LogP contribution in [-0.2, 0) is 16.1 Å². The number of aryl methyl sites for hydroxylation is 2. The Kier molecular flexibility index (Phi) is 5.60. The molecule has 7 heteroatoms. The van der Waals surface area contributed by atoms with Crippen molar-refractivity contribution in [1.82, 2.24) is 10.3 Å². The van der Waals surface area contributed by atoms with Crippen LogP contribution in [0, 0.1) is 13.8 Å². The largest absolute Gasteiger partial charge is 0.346 e. The van der Waals surface area contributed by atoms with Gasteiger partial charge < -0.3 is 10.2 Å². The van der Waals surface area contributed by atoms with Gasteiger partial charge >= 0.3 is 0 Å². The minimum Gasteiger partial charge on any atom is -0.346 e. The highest BCUT2D eigenvalue weighted by Gasteiger charge is 2.27. The summed E-state index contributed by atoms with van der Waals surface area (Å²) in [5, 5.41) is 3.53. The number of amides is 2. The molecular weight excluding hydrogens is 384 g/mol. The van der Waals surface area contributed by atoms with Crippen LogP contribution in [0.4, 0.5) is 5.13 Å². The minimum atomic E-state index is -0.00742. The Labute approximate surface area is 174 Å². The quantitative estimate of drug-likeness (QED) is 0.671. The number of rotatable bonds is 5. The summed E-state index contributed by atoms with van der Waals surface area (Å²) in [4.78, 5) is 32.6. The first-order valence-electron chi connectivity index (χ1n) is 9.82. The number of benzene rings is 2. The zero-order chi connectivity index (χ0) is 20.4. The Hall–Kier alpha value is -2.77. The maximum Gasteiger partial charge on any atom is 0.284 e. The van der Waals surface area contributed by atoms with Crippen molar-refractivity contribution in [2.45, 2.75) is 20.4 Å². The Morgan fingerprint density at radius 3 is 2.76 bits per heavy atom. The lowest BCUT2D eigenvalue weighted by atomic mass is 10.1. The normalized spacial score (nSPS) is 16.6.